The van der Waals surface area contributed by atoms with Gasteiger partial charge in [0, 0.05) is 6.07 Å². The van der Waals surface area contributed by atoms with Gasteiger partial charge in [-0.15, -0.1) is 0 Å². The third-order valence-corrected chi connectivity index (χ3v) is 3.32. The Morgan fingerprint density at radius 2 is 2.07 bits per heavy atom. The van der Waals surface area contributed by atoms with Gasteiger partial charge in [-0.25, -0.2) is 17.9 Å². The number of urea groups is 1. The second-order valence-corrected chi connectivity index (χ2v) is 4.57. The van der Waals surface area contributed by atoms with Crippen molar-refractivity contribution in [2.75, 3.05) is 12.4 Å². The molecule has 2 amide bonds. The molecule has 1 heterocycles. The molecule has 6 nitrogen and oxygen atoms in total. The van der Waals surface area contributed by atoms with Crippen LogP contribution in [-0.4, -0.2) is 21.6 Å². The molecule has 7 heteroatoms. The zero-order valence-electron chi connectivity index (χ0n) is 7.77. The van der Waals surface area contributed by atoms with Crippen LogP contribution in [-0.2, 0) is 10.0 Å². The van der Waals surface area contributed by atoms with E-state index in [0.29, 0.717) is 5.75 Å². The van der Waals surface area contributed by atoms with Crippen LogP contribution in [0.15, 0.2) is 23.1 Å². The number of carbonyl (C=O) groups excluding carboxylic acids is 1. The highest BCUT2D eigenvalue weighted by atomic mass is 32.2. The summed E-state index contributed by atoms with van der Waals surface area (Å²) in [6.45, 7) is 0. The third kappa shape index (κ3) is 1.61. The third-order valence-electron chi connectivity index (χ3n) is 1.95. The lowest BCUT2D eigenvalue weighted by Crippen LogP contribution is -2.39. The Labute approximate surface area is 86.3 Å². The molecule has 0 atom stereocenters. The number of benzene rings is 1. The van der Waals surface area contributed by atoms with Gasteiger partial charge in [-0.05, 0) is 12.1 Å². The van der Waals surface area contributed by atoms with Crippen LogP contribution < -0.4 is 14.8 Å². The van der Waals surface area contributed by atoms with Crippen molar-refractivity contribution in [1.29, 1.82) is 0 Å². The maximum atomic E-state index is 11.5. The number of methoxy groups -OCH3 is 1. The molecule has 0 unspecified atom stereocenters. The minimum atomic E-state index is -3.77. The highest BCUT2D eigenvalue weighted by Gasteiger charge is 2.27. The number of hydrogen-bond acceptors (Lipinski definition) is 4. The first-order chi connectivity index (χ1) is 7.03. The average Bonchev–Trinajstić information content (AvgIpc) is 2.16. The van der Waals surface area contributed by atoms with E-state index >= 15 is 0 Å². The molecule has 15 heavy (non-hydrogen) atoms. The zero-order valence-corrected chi connectivity index (χ0v) is 8.59. The van der Waals surface area contributed by atoms with Crippen LogP contribution >= 0.6 is 0 Å². The number of carbonyl (C=O) groups is 1. The number of nitrogens with one attached hydrogen (secondary N) is 2. The Bertz CT molecular complexity index is 523. The second-order valence-electron chi connectivity index (χ2n) is 2.92. The number of anilines is 1. The predicted octanol–water partition coefficient (Wildman–Crippen LogP) is 0.519. The number of fused-ring (bicyclic) bond motifs is 1. The maximum absolute atomic E-state index is 11.5. The van der Waals surface area contributed by atoms with Gasteiger partial charge in [-0.3, -0.25) is 0 Å². The summed E-state index contributed by atoms with van der Waals surface area (Å²) >= 11 is 0. The predicted molar refractivity (Wildman–Crippen MR) is 52.3 cm³/mol. The summed E-state index contributed by atoms with van der Waals surface area (Å²) in [6, 6.07) is 3.63. The Morgan fingerprint density at radius 3 is 2.73 bits per heavy atom. The van der Waals surface area contributed by atoms with Crippen molar-refractivity contribution in [3.05, 3.63) is 18.2 Å². The summed E-state index contributed by atoms with van der Waals surface area (Å²) in [6.07, 6.45) is 0. The molecule has 1 aliphatic rings. The number of amides is 2. The SMILES string of the molecule is COc1ccc2c(c1)S(=O)(=O)NC(=O)N2. The fraction of sp³-hybridized carbons (Fsp3) is 0.125. The summed E-state index contributed by atoms with van der Waals surface area (Å²) in [5.74, 6) is 0.412. The topological polar surface area (TPSA) is 84.5 Å². The zero-order chi connectivity index (χ0) is 11.1. The van der Waals surface area contributed by atoms with Crippen molar-refractivity contribution < 1.29 is 17.9 Å². The number of sulfonamides is 1. The Morgan fingerprint density at radius 1 is 1.33 bits per heavy atom. The van der Waals surface area contributed by atoms with E-state index in [-0.39, 0.29) is 10.6 Å². The highest BCUT2D eigenvalue weighted by Crippen LogP contribution is 2.28. The first kappa shape index (κ1) is 9.78. The standard InChI is InChI=1S/C8H8N2O4S/c1-14-5-2-3-6-7(4-5)15(12,13)10-8(11)9-6/h2-4H,1H3,(H2,9,10,11). The molecule has 0 saturated heterocycles. The Kier molecular flexibility index (Phi) is 2.04. The molecule has 0 fully saturated rings. The first-order valence-electron chi connectivity index (χ1n) is 4.05. The van der Waals surface area contributed by atoms with Crippen molar-refractivity contribution in [3.8, 4) is 5.75 Å². The number of rotatable bonds is 1. The van der Waals surface area contributed by atoms with Gasteiger partial charge in [0.25, 0.3) is 10.0 Å². The van der Waals surface area contributed by atoms with Crippen molar-refractivity contribution in [2.24, 2.45) is 0 Å². The number of ether oxygens (including phenoxy) is 1. The lowest BCUT2D eigenvalue weighted by atomic mass is 10.3. The normalized spacial score (nSPS) is 17.3. The molecule has 0 radical (unpaired) electrons. The lowest BCUT2D eigenvalue weighted by Gasteiger charge is -2.18. The molecular formula is C8H8N2O4S. The van der Waals surface area contributed by atoms with E-state index in [2.05, 4.69) is 5.32 Å². The van der Waals surface area contributed by atoms with Gasteiger partial charge >= 0.3 is 6.03 Å². The quantitative estimate of drug-likeness (QED) is 0.733. The minimum absolute atomic E-state index is 0.00134. The van der Waals surface area contributed by atoms with Crippen molar-refractivity contribution >= 4 is 21.7 Å². The molecule has 0 spiro atoms. The van der Waals surface area contributed by atoms with E-state index in [1.807, 2.05) is 4.72 Å². The Hall–Kier alpha value is -1.76. The van der Waals surface area contributed by atoms with Gasteiger partial charge in [-0.2, -0.15) is 0 Å². The molecule has 1 aromatic rings. The van der Waals surface area contributed by atoms with Gasteiger partial charge in [-0.1, -0.05) is 0 Å². The van der Waals surface area contributed by atoms with Gasteiger partial charge in [0.05, 0.1) is 12.8 Å². The van der Waals surface area contributed by atoms with Gasteiger partial charge < -0.3 is 10.1 Å². The van der Waals surface area contributed by atoms with Gasteiger partial charge in [0.1, 0.15) is 10.6 Å². The molecule has 0 aliphatic carbocycles. The van der Waals surface area contributed by atoms with Crippen LogP contribution in [0.3, 0.4) is 0 Å². The highest BCUT2D eigenvalue weighted by molar-refractivity contribution is 7.90. The molecule has 0 saturated carbocycles. The first-order valence-corrected chi connectivity index (χ1v) is 5.53. The molecule has 2 N–H and O–H groups in total. The van der Waals surface area contributed by atoms with E-state index in [0.717, 1.165) is 0 Å². The molecular weight excluding hydrogens is 220 g/mol. The van der Waals surface area contributed by atoms with Gasteiger partial charge in [0.2, 0.25) is 0 Å². The summed E-state index contributed by atoms with van der Waals surface area (Å²) in [7, 11) is -2.33. The average molecular weight is 228 g/mol. The van der Waals surface area contributed by atoms with Crippen LogP contribution in [0.1, 0.15) is 0 Å². The lowest BCUT2D eigenvalue weighted by molar-refractivity contribution is 0.256. The molecule has 0 bridgehead atoms. The van der Waals surface area contributed by atoms with Crippen LogP contribution in [0.2, 0.25) is 0 Å². The van der Waals surface area contributed by atoms with E-state index in [4.69, 9.17) is 4.74 Å². The molecule has 80 valence electrons. The van der Waals surface area contributed by atoms with E-state index in [9.17, 15) is 13.2 Å². The fourth-order valence-electron chi connectivity index (χ4n) is 1.28. The van der Waals surface area contributed by atoms with Crippen molar-refractivity contribution in [3.63, 3.8) is 0 Å². The molecule has 0 aromatic heterocycles. The minimum Gasteiger partial charge on any atom is -0.497 e. The summed E-state index contributed by atoms with van der Waals surface area (Å²) in [4.78, 5) is 11.0. The summed E-state index contributed by atoms with van der Waals surface area (Å²) in [5.41, 5.74) is 0.250. The second kappa shape index (κ2) is 3.13. The van der Waals surface area contributed by atoms with E-state index in [1.165, 1.54) is 19.2 Å². The monoisotopic (exact) mass is 228 g/mol. The van der Waals surface area contributed by atoms with E-state index < -0.39 is 16.1 Å². The largest absolute Gasteiger partial charge is 0.497 e. The van der Waals surface area contributed by atoms with Gasteiger partial charge in [0.15, 0.2) is 0 Å². The fourth-order valence-corrected chi connectivity index (χ4v) is 2.37. The maximum Gasteiger partial charge on any atom is 0.333 e. The van der Waals surface area contributed by atoms with Crippen LogP contribution in [0, 0.1) is 0 Å². The van der Waals surface area contributed by atoms with E-state index in [1.54, 1.807) is 6.07 Å². The van der Waals surface area contributed by atoms with Crippen LogP contribution in [0.5, 0.6) is 5.75 Å². The Balaban J connectivity index is 2.64. The van der Waals surface area contributed by atoms with Crippen molar-refractivity contribution in [2.45, 2.75) is 4.90 Å². The summed E-state index contributed by atoms with van der Waals surface area (Å²) in [5, 5.41) is 2.38. The van der Waals surface area contributed by atoms with Crippen molar-refractivity contribution in [1.82, 2.24) is 4.72 Å². The molecule has 1 aliphatic heterocycles. The number of hydrogen-bond donors (Lipinski definition) is 2. The van der Waals surface area contributed by atoms with Crippen LogP contribution in [0.25, 0.3) is 0 Å². The molecule has 2 rings (SSSR count). The molecule has 1 aromatic carbocycles. The smallest absolute Gasteiger partial charge is 0.333 e. The van der Waals surface area contributed by atoms with Crippen LogP contribution in [0.4, 0.5) is 10.5 Å². The summed E-state index contributed by atoms with van der Waals surface area (Å²) < 4.78 is 29.8.